The molecule has 3 N–H and O–H groups in total. The van der Waals surface area contributed by atoms with Crippen LogP contribution in [0.4, 0.5) is 0 Å². The molecule has 0 fully saturated rings. The summed E-state index contributed by atoms with van der Waals surface area (Å²) in [4.78, 5) is 12.1. The van der Waals surface area contributed by atoms with E-state index in [-0.39, 0.29) is 11.9 Å². The average Bonchev–Trinajstić information content (AvgIpc) is 2.97. The van der Waals surface area contributed by atoms with Crippen LogP contribution in [-0.2, 0) is 0 Å². The van der Waals surface area contributed by atoms with Gasteiger partial charge in [0.2, 0.25) is 0 Å². The van der Waals surface area contributed by atoms with Gasteiger partial charge in [-0.05, 0) is 17.7 Å². The van der Waals surface area contributed by atoms with Crippen molar-refractivity contribution in [1.29, 1.82) is 0 Å². The normalized spacial score (nSPS) is 12.2. The van der Waals surface area contributed by atoms with Gasteiger partial charge in [0.25, 0.3) is 5.91 Å². The number of amides is 1. The van der Waals surface area contributed by atoms with Crippen LogP contribution in [-0.4, -0.2) is 12.5 Å². The van der Waals surface area contributed by atoms with Crippen molar-refractivity contribution in [3.8, 4) is 0 Å². The van der Waals surface area contributed by atoms with Crippen molar-refractivity contribution in [2.45, 2.75) is 6.04 Å². The summed E-state index contributed by atoms with van der Waals surface area (Å²) in [5, 5.41) is 3.71. The second kappa shape index (κ2) is 5.81. The SMILES string of the molecule is NC(CNC(=O)c1cc2ccccc2o1)c1ccccc1. The number of hydrogen-bond acceptors (Lipinski definition) is 3. The molecule has 0 aliphatic rings. The van der Waals surface area contributed by atoms with Crippen molar-refractivity contribution in [2.75, 3.05) is 6.54 Å². The highest BCUT2D eigenvalue weighted by molar-refractivity contribution is 5.96. The molecular weight excluding hydrogens is 264 g/mol. The Labute approximate surface area is 122 Å². The molecule has 0 aliphatic heterocycles. The van der Waals surface area contributed by atoms with Gasteiger partial charge in [-0.3, -0.25) is 4.79 Å². The third-order valence-corrected chi connectivity index (χ3v) is 3.36. The number of nitrogens with one attached hydrogen (secondary N) is 1. The van der Waals surface area contributed by atoms with Crippen molar-refractivity contribution < 1.29 is 9.21 Å². The molecule has 3 rings (SSSR count). The Morgan fingerprint density at radius 3 is 2.57 bits per heavy atom. The molecule has 1 aromatic heterocycles. The lowest BCUT2D eigenvalue weighted by Gasteiger charge is -2.12. The maximum atomic E-state index is 12.1. The van der Waals surface area contributed by atoms with Gasteiger partial charge < -0.3 is 15.5 Å². The van der Waals surface area contributed by atoms with Crippen LogP contribution in [0.15, 0.2) is 65.1 Å². The number of carbonyl (C=O) groups excluding carboxylic acids is 1. The first-order valence-electron chi connectivity index (χ1n) is 6.81. The minimum atomic E-state index is -0.252. The third-order valence-electron chi connectivity index (χ3n) is 3.36. The predicted octanol–water partition coefficient (Wildman–Crippen LogP) is 2.86. The molecule has 1 unspecified atom stereocenters. The van der Waals surface area contributed by atoms with Gasteiger partial charge in [-0.15, -0.1) is 0 Å². The lowest BCUT2D eigenvalue weighted by Crippen LogP contribution is -2.31. The van der Waals surface area contributed by atoms with E-state index < -0.39 is 0 Å². The minimum absolute atomic E-state index is 0.237. The van der Waals surface area contributed by atoms with Crippen molar-refractivity contribution in [1.82, 2.24) is 5.32 Å². The van der Waals surface area contributed by atoms with Crippen LogP contribution in [0, 0.1) is 0 Å². The molecular formula is C17H16N2O2. The second-order valence-corrected chi connectivity index (χ2v) is 4.88. The highest BCUT2D eigenvalue weighted by Gasteiger charge is 2.13. The quantitative estimate of drug-likeness (QED) is 0.772. The van der Waals surface area contributed by atoms with E-state index in [1.807, 2.05) is 54.6 Å². The van der Waals surface area contributed by atoms with Crippen LogP contribution >= 0.6 is 0 Å². The lowest BCUT2D eigenvalue weighted by molar-refractivity contribution is 0.0925. The van der Waals surface area contributed by atoms with Gasteiger partial charge in [0, 0.05) is 18.0 Å². The molecule has 2 aromatic carbocycles. The zero-order valence-corrected chi connectivity index (χ0v) is 11.5. The van der Waals surface area contributed by atoms with Gasteiger partial charge >= 0.3 is 0 Å². The van der Waals surface area contributed by atoms with Crippen molar-refractivity contribution >= 4 is 16.9 Å². The van der Waals surface area contributed by atoms with E-state index in [4.69, 9.17) is 10.2 Å². The van der Waals surface area contributed by atoms with Crippen LogP contribution in [0.5, 0.6) is 0 Å². The fraction of sp³-hybridized carbons (Fsp3) is 0.118. The van der Waals surface area contributed by atoms with Crippen LogP contribution in [0.2, 0.25) is 0 Å². The Morgan fingerprint density at radius 1 is 1.10 bits per heavy atom. The van der Waals surface area contributed by atoms with Gasteiger partial charge in [-0.2, -0.15) is 0 Å². The first-order valence-corrected chi connectivity index (χ1v) is 6.81. The molecule has 106 valence electrons. The smallest absolute Gasteiger partial charge is 0.287 e. The second-order valence-electron chi connectivity index (χ2n) is 4.88. The predicted molar refractivity (Wildman–Crippen MR) is 81.9 cm³/mol. The van der Waals surface area contributed by atoms with Gasteiger partial charge in [0.15, 0.2) is 5.76 Å². The van der Waals surface area contributed by atoms with Crippen LogP contribution in [0.1, 0.15) is 22.2 Å². The molecule has 0 aliphatic carbocycles. The maximum absolute atomic E-state index is 12.1. The van der Waals surface area contributed by atoms with E-state index in [0.717, 1.165) is 10.9 Å². The molecule has 0 bridgehead atoms. The summed E-state index contributed by atoms with van der Waals surface area (Å²) in [5.41, 5.74) is 7.74. The first-order chi connectivity index (χ1) is 10.2. The number of fused-ring (bicyclic) bond motifs is 1. The number of nitrogens with two attached hydrogens (primary N) is 1. The number of para-hydroxylation sites is 1. The molecule has 0 spiro atoms. The molecule has 21 heavy (non-hydrogen) atoms. The molecule has 1 atom stereocenters. The van der Waals surface area contributed by atoms with Crippen molar-refractivity contribution in [3.05, 3.63) is 72.0 Å². The highest BCUT2D eigenvalue weighted by Crippen LogP contribution is 2.18. The van der Waals surface area contributed by atoms with Gasteiger partial charge in [0.1, 0.15) is 5.58 Å². The average molecular weight is 280 g/mol. The summed E-state index contributed by atoms with van der Waals surface area (Å²) >= 11 is 0. The van der Waals surface area contributed by atoms with E-state index in [0.29, 0.717) is 17.9 Å². The highest BCUT2D eigenvalue weighted by atomic mass is 16.3. The minimum Gasteiger partial charge on any atom is -0.451 e. The summed E-state index contributed by atoms with van der Waals surface area (Å²) < 4.78 is 5.51. The maximum Gasteiger partial charge on any atom is 0.287 e. The number of furan rings is 1. The Morgan fingerprint density at radius 2 is 1.81 bits per heavy atom. The van der Waals surface area contributed by atoms with E-state index in [2.05, 4.69) is 5.32 Å². The number of benzene rings is 2. The first kappa shape index (κ1) is 13.4. The molecule has 4 heteroatoms. The summed E-state index contributed by atoms with van der Waals surface area (Å²) in [6.45, 7) is 0.361. The Bertz CT molecular complexity index is 717. The number of hydrogen-bond donors (Lipinski definition) is 2. The summed E-state index contributed by atoms with van der Waals surface area (Å²) in [6, 6.07) is 18.7. The van der Waals surface area contributed by atoms with E-state index in [1.165, 1.54) is 0 Å². The fourth-order valence-corrected chi connectivity index (χ4v) is 2.20. The summed E-state index contributed by atoms with van der Waals surface area (Å²) in [5.74, 6) is 0.0500. The summed E-state index contributed by atoms with van der Waals surface area (Å²) in [7, 11) is 0. The topological polar surface area (TPSA) is 68.3 Å². The summed E-state index contributed by atoms with van der Waals surface area (Å²) in [6.07, 6.45) is 0. The van der Waals surface area contributed by atoms with E-state index in [1.54, 1.807) is 6.07 Å². The Balaban J connectivity index is 1.66. The molecule has 0 saturated carbocycles. The Kier molecular flexibility index (Phi) is 3.71. The standard InChI is InChI=1S/C17H16N2O2/c18-14(12-6-2-1-3-7-12)11-19-17(20)16-10-13-8-4-5-9-15(13)21-16/h1-10,14H,11,18H2,(H,19,20). The largest absolute Gasteiger partial charge is 0.451 e. The third kappa shape index (κ3) is 2.95. The van der Waals surface area contributed by atoms with Crippen LogP contribution in [0.25, 0.3) is 11.0 Å². The molecule has 0 saturated heterocycles. The molecule has 3 aromatic rings. The number of rotatable bonds is 4. The molecule has 1 amide bonds. The Hall–Kier alpha value is -2.59. The van der Waals surface area contributed by atoms with Crippen molar-refractivity contribution in [2.24, 2.45) is 5.73 Å². The zero-order valence-electron chi connectivity index (χ0n) is 11.5. The van der Waals surface area contributed by atoms with Crippen LogP contribution in [0.3, 0.4) is 0 Å². The van der Waals surface area contributed by atoms with Gasteiger partial charge in [0.05, 0.1) is 0 Å². The van der Waals surface area contributed by atoms with Gasteiger partial charge in [-0.25, -0.2) is 0 Å². The van der Waals surface area contributed by atoms with Crippen LogP contribution < -0.4 is 11.1 Å². The zero-order chi connectivity index (χ0) is 14.7. The molecule has 4 nitrogen and oxygen atoms in total. The fourth-order valence-electron chi connectivity index (χ4n) is 2.20. The van der Waals surface area contributed by atoms with Crippen molar-refractivity contribution in [3.63, 3.8) is 0 Å². The monoisotopic (exact) mass is 280 g/mol. The molecule has 1 heterocycles. The number of carbonyl (C=O) groups is 1. The van der Waals surface area contributed by atoms with E-state index in [9.17, 15) is 4.79 Å². The lowest BCUT2D eigenvalue weighted by atomic mass is 10.1. The van der Waals surface area contributed by atoms with E-state index >= 15 is 0 Å². The van der Waals surface area contributed by atoms with Gasteiger partial charge in [-0.1, -0.05) is 48.5 Å². The molecule has 0 radical (unpaired) electrons.